The number of fused-ring (bicyclic) bond motifs is 1. The van der Waals surface area contributed by atoms with Gasteiger partial charge in [0.1, 0.15) is 11.9 Å². The van der Waals surface area contributed by atoms with E-state index in [0.717, 1.165) is 18.5 Å². The first-order valence-corrected chi connectivity index (χ1v) is 6.93. The fourth-order valence-corrected chi connectivity index (χ4v) is 2.40. The molecule has 0 saturated carbocycles. The molecule has 7 heteroatoms. The molecule has 3 rings (SSSR count). The van der Waals surface area contributed by atoms with Gasteiger partial charge in [-0.15, -0.1) is 0 Å². The maximum absolute atomic E-state index is 5.93. The van der Waals surface area contributed by atoms with Crippen molar-refractivity contribution in [2.45, 2.75) is 25.6 Å². The van der Waals surface area contributed by atoms with E-state index in [-0.39, 0.29) is 5.96 Å². The van der Waals surface area contributed by atoms with E-state index in [1.807, 2.05) is 7.05 Å². The van der Waals surface area contributed by atoms with Crippen molar-refractivity contribution in [2.75, 3.05) is 12.4 Å². The molecule has 1 atom stereocenters. The average molecular weight is 285 g/mol. The van der Waals surface area contributed by atoms with Gasteiger partial charge in [0.25, 0.3) is 0 Å². The van der Waals surface area contributed by atoms with Crippen LogP contribution >= 0.6 is 0 Å². The van der Waals surface area contributed by atoms with Crippen LogP contribution in [0.2, 0.25) is 0 Å². The molecule has 0 radical (unpaired) electrons. The molecule has 1 aliphatic heterocycles. The van der Waals surface area contributed by atoms with Crippen LogP contribution in [0.3, 0.4) is 0 Å². The Hall–Kier alpha value is -2.41. The number of rotatable bonds is 3. The Balaban J connectivity index is 1.78. The lowest BCUT2D eigenvalue weighted by Gasteiger charge is -2.23. The highest BCUT2D eigenvalue weighted by Crippen LogP contribution is 2.22. The fraction of sp³-hybridized carbons (Fsp3) is 0.357. The number of nitrogens with two attached hydrogens (primary N) is 2. The lowest BCUT2D eigenvalue weighted by molar-refractivity contribution is 0.413. The molecule has 1 aromatic heterocycles. The van der Waals surface area contributed by atoms with Gasteiger partial charge in [0.05, 0.1) is 18.4 Å². The number of aliphatic imine (C=N–C) groups is 1. The van der Waals surface area contributed by atoms with Crippen LogP contribution in [0.1, 0.15) is 30.4 Å². The first-order valence-electron chi connectivity index (χ1n) is 6.93. The first-order chi connectivity index (χ1) is 10.1. The topological polar surface area (TPSA) is 105 Å². The summed E-state index contributed by atoms with van der Waals surface area (Å²) in [6, 6.07) is 0. The molecule has 1 aliphatic carbocycles. The van der Waals surface area contributed by atoms with Gasteiger partial charge >= 0.3 is 0 Å². The lowest BCUT2D eigenvalue weighted by Crippen LogP contribution is -2.32. The number of guanidine groups is 1. The van der Waals surface area contributed by atoms with Crippen molar-refractivity contribution in [3.8, 4) is 0 Å². The maximum atomic E-state index is 5.93. The largest absolute Gasteiger partial charge is 0.370 e. The Morgan fingerprint density at radius 3 is 3.05 bits per heavy atom. The van der Waals surface area contributed by atoms with Crippen molar-refractivity contribution in [1.29, 1.82) is 0 Å². The van der Waals surface area contributed by atoms with Gasteiger partial charge in [-0.3, -0.25) is 0 Å². The smallest absolute Gasteiger partial charge is 0.196 e. The van der Waals surface area contributed by atoms with Crippen LogP contribution in [-0.2, 0) is 6.54 Å². The number of nitrogens with one attached hydrogen (secondary N) is 1. The predicted octanol–water partition coefficient (Wildman–Crippen LogP) is 0.840. The molecular formula is C14H19N7. The van der Waals surface area contributed by atoms with Crippen LogP contribution in [-0.4, -0.2) is 27.9 Å². The van der Waals surface area contributed by atoms with Crippen LogP contribution in [0.25, 0.3) is 0 Å². The van der Waals surface area contributed by atoms with Gasteiger partial charge in [0.15, 0.2) is 11.8 Å². The molecule has 5 N–H and O–H groups in total. The van der Waals surface area contributed by atoms with Gasteiger partial charge in [-0.1, -0.05) is 12.2 Å². The van der Waals surface area contributed by atoms with Gasteiger partial charge in [0.2, 0.25) is 0 Å². The summed E-state index contributed by atoms with van der Waals surface area (Å²) in [5.41, 5.74) is 14.2. The minimum absolute atomic E-state index is 0.270. The summed E-state index contributed by atoms with van der Waals surface area (Å²) in [5, 5.41) is 2.87. The van der Waals surface area contributed by atoms with E-state index in [0.29, 0.717) is 18.1 Å². The molecule has 110 valence electrons. The summed E-state index contributed by atoms with van der Waals surface area (Å²) < 4.78 is 0. The molecule has 21 heavy (non-hydrogen) atoms. The van der Waals surface area contributed by atoms with E-state index in [1.165, 1.54) is 5.70 Å². The second kappa shape index (κ2) is 5.53. The minimum Gasteiger partial charge on any atom is -0.370 e. The third kappa shape index (κ3) is 2.87. The molecule has 1 aromatic rings. The van der Waals surface area contributed by atoms with Crippen molar-refractivity contribution >= 4 is 11.8 Å². The number of hydrogen-bond donors (Lipinski definition) is 3. The number of likely N-dealkylation sites (N-methyl/N-ethyl adjacent to an activating group) is 1. The predicted molar refractivity (Wildman–Crippen MR) is 82.1 cm³/mol. The Kier molecular flexibility index (Phi) is 3.57. The van der Waals surface area contributed by atoms with E-state index in [2.05, 4.69) is 43.4 Å². The highest BCUT2D eigenvalue weighted by molar-refractivity contribution is 5.93. The molecule has 2 heterocycles. The quantitative estimate of drug-likeness (QED) is 0.760. The molecule has 0 spiro atoms. The zero-order chi connectivity index (χ0) is 14.8. The number of anilines is 1. The highest BCUT2D eigenvalue weighted by Gasteiger charge is 2.20. The summed E-state index contributed by atoms with van der Waals surface area (Å²) >= 11 is 0. The first kappa shape index (κ1) is 13.6. The Labute approximate surface area is 123 Å². The zero-order valence-corrected chi connectivity index (χ0v) is 12.0. The number of aromatic nitrogens is 2. The molecule has 0 saturated heterocycles. The second-order valence-electron chi connectivity index (χ2n) is 5.14. The summed E-state index contributed by atoms with van der Waals surface area (Å²) in [6.45, 7) is 0.669. The molecule has 7 nitrogen and oxygen atoms in total. The van der Waals surface area contributed by atoms with Gasteiger partial charge in [0, 0.05) is 12.7 Å². The summed E-state index contributed by atoms with van der Waals surface area (Å²) in [6.07, 6.45) is 9.90. The van der Waals surface area contributed by atoms with Crippen molar-refractivity contribution in [3.05, 3.63) is 41.5 Å². The molecule has 0 aromatic carbocycles. The van der Waals surface area contributed by atoms with Crippen molar-refractivity contribution in [1.82, 2.24) is 14.9 Å². The van der Waals surface area contributed by atoms with Gasteiger partial charge in [-0.2, -0.15) is 0 Å². The lowest BCUT2D eigenvalue weighted by atomic mass is 10.1. The van der Waals surface area contributed by atoms with Crippen LogP contribution in [0.5, 0.6) is 0 Å². The molecular weight excluding hydrogens is 266 g/mol. The molecule has 0 bridgehead atoms. The SMILES string of the molecule is CN(Cc1cnc2c(n1)C(N)N=C(N)N2)C1=CCCC=C1. The standard InChI is InChI=1S/C14H19N7/c1-21(10-5-3-2-4-6-10)8-9-7-17-13-11(18-9)12(15)19-14(16)20-13/h3,5-7,12H,2,4,8,15H2,1H3,(H3,16,17,19,20). The van der Waals surface area contributed by atoms with E-state index in [1.54, 1.807) is 6.20 Å². The Morgan fingerprint density at radius 2 is 2.29 bits per heavy atom. The Morgan fingerprint density at radius 1 is 1.43 bits per heavy atom. The normalized spacial score (nSPS) is 20.2. The van der Waals surface area contributed by atoms with Crippen LogP contribution in [0.15, 0.2) is 35.1 Å². The third-order valence-corrected chi connectivity index (χ3v) is 3.47. The average Bonchev–Trinajstić information content (AvgIpc) is 2.48. The van der Waals surface area contributed by atoms with Crippen LogP contribution < -0.4 is 16.8 Å². The van der Waals surface area contributed by atoms with Crippen molar-refractivity contribution in [3.63, 3.8) is 0 Å². The van der Waals surface area contributed by atoms with Gasteiger partial charge in [-0.05, 0) is 18.9 Å². The summed E-state index contributed by atoms with van der Waals surface area (Å²) in [4.78, 5) is 15.1. The van der Waals surface area contributed by atoms with Crippen molar-refractivity contribution < 1.29 is 0 Å². The molecule has 0 amide bonds. The van der Waals surface area contributed by atoms with Crippen LogP contribution in [0.4, 0.5) is 5.82 Å². The Bertz CT molecular complexity index is 632. The molecule has 0 fully saturated rings. The third-order valence-electron chi connectivity index (χ3n) is 3.47. The minimum atomic E-state index is -0.562. The van der Waals surface area contributed by atoms with Gasteiger partial charge in [-0.25, -0.2) is 15.0 Å². The maximum Gasteiger partial charge on any atom is 0.196 e. The number of hydrogen-bond acceptors (Lipinski definition) is 7. The fourth-order valence-electron chi connectivity index (χ4n) is 2.40. The monoisotopic (exact) mass is 285 g/mol. The zero-order valence-electron chi connectivity index (χ0n) is 12.0. The summed E-state index contributed by atoms with van der Waals surface area (Å²) in [5.74, 6) is 0.852. The second-order valence-corrected chi connectivity index (χ2v) is 5.14. The van der Waals surface area contributed by atoms with E-state index < -0.39 is 6.17 Å². The summed E-state index contributed by atoms with van der Waals surface area (Å²) in [7, 11) is 2.04. The van der Waals surface area contributed by atoms with Crippen molar-refractivity contribution in [2.24, 2.45) is 16.5 Å². The van der Waals surface area contributed by atoms with Crippen LogP contribution in [0, 0.1) is 0 Å². The molecule has 2 aliphatic rings. The van der Waals surface area contributed by atoms with Gasteiger partial charge < -0.3 is 21.7 Å². The van der Waals surface area contributed by atoms with E-state index in [9.17, 15) is 0 Å². The highest BCUT2D eigenvalue weighted by atomic mass is 15.2. The number of nitrogens with zero attached hydrogens (tertiary/aromatic N) is 4. The molecule has 1 unspecified atom stereocenters. The van der Waals surface area contributed by atoms with E-state index >= 15 is 0 Å². The number of allylic oxidation sites excluding steroid dienone is 3. The van der Waals surface area contributed by atoms with E-state index in [4.69, 9.17) is 11.5 Å².